The van der Waals surface area contributed by atoms with Crippen LogP contribution in [0.4, 0.5) is 0 Å². The van der Waals surface area contributed by atoms with Gasteiger partial charge in [0.05, 0.1) is 16.9 Å². The molecule has 1 fully saturated rings. The Balaban J connectivity index is 1.45. The highest BCUT2D eigenvalue weighted by Crippen LogP contribution is 2.34. The first-order chi connectivity index (χ1) is 12.1. The Hall–Kier alpha value is -1.61. The average molecular weight is 377 g/mol. The van der Waals surface area contributed by atoms with E-state index in [1.807, 2.05) is 24.3 Å². The van der Waals surface area contributed by atoms with Crippen LogP contribution in [0.2, 0.25) is 0 Å². The number of hydrogen-bond acceptors (Lipinski definition) is 5. The van der Waals surface area contributed by atoms with Crippen LogP contribution in [0.25, 0.3) is 11.7 Å². The molecular weight excluding hydrogens is 356 g/mol. The van der Waals surface area contributed by atoms with E-state index in [2.05, 4.69) is 19.4 Å². The van der Waals surface area contributed by atoms with Crippen LogP contribution in [0.3, 0.4) is 0 Å². The molecule has 0 radical (unpaired) electrons. The predicted molar refractivity (Wildman–Crippen MR) is 101 cm³/mol. The Morgan fingerprint density at radius 1 is 1.36 bits per heavy atom. The third-order valence-corrected chi connectivity index (χ3v) is 6.56. The summed E-state index contributed by atoms with van der Waals surface area (Å²) in [6.07, 6.45) is 7.44. The fourth-order valence-corrected chi connectivity index (χ4v) is 5.08. The monoisotopic (exact) mass is 376 g/mol. The minimum atomic E-state index is -3.42. The summed E-state index contributed by atoms with van der Waals surface area (Å²) in [4.78, 5) is 5.24. The molecule has 1 saturated heterocycles. The molecule has 0 saturated carbocycles. The number of aromatic nitrogens is 2. The number of thioether (sulfide) groups is 1. The van der Waals surface area contributed by atoms with E-state index in [0.717, 1.165) is 47.2 Å². The fraction of sp³-hybridized carbons (Fsp3) is 0.353. The van der Waals surface area contributed by atoms with Gasteiger partial charge in [0.2, 0.25) is 10.0 Å². The van der Waals surface area contributed by atoms with Crippen molar-refractivity contribution in [1.29, 1.82) is 0 Å². The molecule has 2 aromatic heterocycles. The minimum absolute atomic E-state index is 0.416. The Morgan fingerprint density at radius 2 is 2.20 bits per heavy atom. The lowest BCUT2D eigenvalue weighted by atomic mass is 9.99. The van der Waals surface area contributed by atoms with Gasteiger partial charge < -0.3 is 5.32 Å². The second-order valence-electron chi connectivity index (χ2n) is 6.28. The molecule has 0 unspecified atom stereocenters. The van der Waals surface area contributed by atoms with E-state index in [1.165, 1.54) is 17.2 Å². The number of nitrogens with one attached hydrogen (secondary N) is 2. The summed E-state index contributed by atoms with van der Waals surface area (Å²) in [6, 6.07) is 5.92. The third kappa shape index (κ3) is 3.82. The van der Waals surface area contributed by atoms with Gasteiger partial charge in [-0.15, -0.1) is 0 Å². The summed E-state index contributed by atoms with van der Waals surface area (Å²) < 4.78 is 29.2. The maximum atomic E-state index is 12.2. The second-order valence-corrected chi connectivity index (χ2v) is 9.02. The molecule has 6 nitrogen and oxygen atoms in total. The lowest BCUT2D eigenvalue weighted by molar-refractivity contribution is 0.373. The molecule has 2 aliphatic rings. The van der Waals surface area contributed by atoms with E-state index >= 15 is 0 Å². The highest BCUT2D eigenvalue weighted by molar-refractivity contribution is 8.03. The molecule has 0 aromatic carbocycles. The van der Waals surface area contributed by atoms with Crippen LogP contribution >= 0.6 is 11.8 Å². The average Bonchev–Trinajstić information content (AvgIpc) is 3.04. The van der Waals surface area contributed by atoms with Crippen LogP contribution in [-0.4, -0.2) is 37.4 Å². The fourth-order valence-electron chi connectivity index (χ4n) is 3.11. The van der Waals surface area contributed by atoms with Crippen LogP contribution in [0.1, 0.15) is 18.5 Å². The first kappa shape index (κ1) is 16.8. The summed E-state index contributed by atoms with van der Waals surface area (Å²) in [5.74, 6) is 0.416. The smallest absolute Gasteiger partial charge is 0.233 e. The second kappa shape index (κ2) is 6.95. The number of pyridine rings is 1. The van der Waals surface area contributed by atoms with Crippen molar-refractivity contribution in [2.24, 2.45) is 5.92 Å². The molecule has 132 valence electrons. The topological polar surface area (TPSA) is 75.5 Å². The Morgan fingerprint density at radius 3 is 3.04 bits per heavy atom. The van der Waals surface area contributed by atoms with Gasteiger partial charge in [0, 0.05) is 16.9 Å². The van der Waals surface area contributed by atoms with Gasteiger partial charge in [-0.25, -0.2) is 18.1 Å². The molecule has 25 heavy (non-hydrogen) atoms. The predicted octanol–water partition coefficient (Wildman–Crippen LogP) is 2.21. The minimum Gasteiger partial charge on any atom is -0.317 e. The third-order valence-electron chi connectivity index (χ3n) is 4.48. The first-order valence-electron chi connectivity index (χ1n) is 8.35. The van der Waals surface area contributed by atoms with Gasteiger partial charge >= 0.3 is 0 Å². The van der Waals surface area contributed by atoms with Crippen molar-refractivity contribution in [3.05, 3.63) is 46.5 Å². The van der Waals surface area contributed by atoms with Gasteiger partial charge in [-0.1, -0.05) is 17.8 Å². The van der Waals surface area contributed by atoms with Gasteiger partial charge in [0.25, 0.3) is 0 Å². The summed E-state index contributed by atoms with van der Waals surface area (Å²) in [6.45, 7) is 2.43. The van der Waals surface area contributed by atoms with E-state index in [0.29, 0.717) is 12.5 Å². The molecule has 0 bridgehead atoms. The summed E-state index contributed by atoms with van der Waals surface area (Å²) >= 11 is 1.54. The molecular formula is C17H20N4O2S2. The van der Waals surface area contributed by atoms with Crippen molar-refractivity contribution in [2.45, 2.75) is 17.9 Å². The van der Waals surface area contributed by atoms with Crippen molar-refractivity contribution in [3.8, 4) is 0 Å². The number of rotatable bonds is 5. The van der Waals surface area contributed by atoms with Crippen LogP contribution in [0.5, 0.6) is 0 Å². The number of hydrogen-bond donors (Lipinski definition) is 2. The highest BCUT2D eigenvalue weighted by atomic mass is 32.2. The van der Waals surface area contributed by atoms with Gasteiger partial charge in [0.15, 0.2) is 0 Å². The van der Waals surface area contributed by atoms with E-state index in [1.54, 1.807) is 12.3 Å². The highest BCUT2D eigenvalue weighted by Gasteiger charge is 2.17. The molecule has 0 atom stereocenters. The summed E-state index contributed by atoms with van der Waals surface area (Å²) in [5.41, 5.74) is 1.86. The number of imidazole rings is 1. The lowest BCUT2D eigenvalue weighted by Gasteiger charge is -2.22. The van der Waals surface area contributed by atoms with Gasteiger partial charge in [-0.05, 0) is 56.1 Å². The SMILES string of the molecule is O=S(=O)(C=CC1=Cc2cnc3cccc(n23)S1)NCC1CCNCC1. The summed E-state index contributed by atoms with van der Waals surface area (Å²) in [7, 11) is -3.42. The van der Waals surface area contributed by atoms with Gasteiger partial charge in [-0.3, -0.25) is 4.40 Å². The molecule has 0 aliphatic carbocycles. The maximum absolute atomic E-state index is 12.2. The van der Waals surface area contributed by atoms with Crippen molar-refractivity contribution < 1.29 is 8.42 Å². The number of nitrogens with zero attached hydrogens (tertiary/aromatic N) is 2. The molecule has 0 spiro atoms. The zero-order valence-corrected chi connectivity index (χ0v) is 15.3. The van der Waals surface area contributed by atoms with E-state index in [-0.39, 0.29) is 0 Å². The van der Waals surface area contributed by atoms with Crippen molar-refractivity contribution in [3.63, 3.8) is 0 Å². The van der Waals surface area contributed by atoms with Crippen molar-refractivity contribution in [1.82, 2.24) is 19.4 Å². The molecule has 2 aliphatic heterocycles. The van der Waals surface area contributed by atoms with Crippen LogP contribution < -0.4 is 10.0 Å². The van der Waals surface area contributed by atoms with Crippen LogP contribution in [0, 0.1) is 5.92 Å². The maximum Gasteiger partial charge on any atom is 0.233 e. The van der Waals surface area contributed by atoms with E-state index < -0.39 is 10.0 Å². The Bertz CT molecular complexity index is 941. The van der Waals surface area contributed by atoms with E-state index in [9.17, 15) is 8.42 Å². The number of piperidine rings is 1. The molecule has 4 heterocycles. The van der Waals surface area contributed by atoms with Gasteiger partial charge in [-0.2, -0.15) is 0 Å². The van der Waals surface area contributed by atoms with Crippen molar-refractivity contribution in [2.75, 3.05) is 19.6 Å². The zero-order chi connectivity index (χ0) is 17.3. The number of allylic oxidation sites excluding steroid dienone is 1. The molecule has 8 heteroatoms. The van der Waals surface area contributed by atoms with E-state index in [4.69, 9.17) is 0 Å². The lowest BCUT2D eigenvalue weighted by Crippen LogP contribution is -2.35. The zero-order valence-electron chi connectivity index (χ0n) is 13.7. The van der Waals surface area contributed by atoms with Crippen LogP contribution in [0.15, 0.2) is 45.8 Å². The van der Waals surface area contributed by atoms with Crippen LogP contribution in [-0.2, 0) is 10.0 Å². The molecule has 4 rings (SSSR count). The Labute approximate surface area is 151 Å². The first-order valence-corrected chi connectivity index (χ1v) is 10.7. The quantitative estimate of drug-likeness (QED) is 0.837. The molecule has 2 N–H and O–H groups in total. The van der Waals surface area contributed by atoms with Crippen molar-refractivity contribution >= 4 is 33.5 Å². The number of sulfonamides is 1. The standard InChI is InChI=1S/C17H20N4O2S2/c22-25(23,20-11-13-4-7-18-8-5-13)9-6-15-10-14-12-19-16-2-1-3-17(24-15)21(14)16/h1-3,6,9-10,12-13,18,20H,4-5,7-8,11H2. The largest absolute Gasteiger partial charge is 0.317 e. The molecule has 0 amide bonds. The summed E-state index contributed by atoms with van der Waals surface area (Å²) in [5, 5.41) is 5.58. The normalized spacial score (nSPS) is 18.8. The Kier molecular flexibility index (Phi) is 4.68. The van der Waals surface area contributed by atoms with Gasteiger partial charge in [0.1, 0.15) is 5.65 Å². The molecule has 2 aromatic rings.